The van der Waals surface area contributed by atoms with Crippen LogP contribution in [0.3, 0.4) is 0 Å². The monoisotopic (exact) mass is 282 g/mol. The predicted octanol–water partition coefficient (Wildman–Crippen LogP) is 3.24. The van der Waals surface area contributed by atoms with E-state index in [-0.39, 0.29) is 0 Å². The van der Waals surface area contributed by atoms with Crippen LogP contribution in [-0.2, 0) is 6.42 Å². The smallest absolute Gasteiger partial charge is 0.116 e. The van der Waals surface area contributed by atoms with E-state index in [9.17, 15) is 5.11 Å². The van der Waals surface area contributed by atoms with Gasteiger partial charge in [0.25, 0.3) is 0 Å². The molecule has 1 aromatic carbocycles. The van der Waals surface area contributed by atoms with Crippen molar-refractivity contribution in [1.82, 2.24) is 9.88 Å². The number of hydrogen-bond acceptors (Lipinski definition) is 2. The Hall–Kier alpha value is -1.48. The fourth-order valence-corrected chi connectivity index (χ4v) is 5.50. The molecule has 2 saturated heterocycles. The molecule has 2 N–H and O–H groups in total. The average Bonchev–Trinajstić information content (AvgIpc) is 2.77. The van der Waals surface area contributed by atoms with Gasteiger partial charge in [-0.3, -0.25) is 4.90 Å². The lowest BCUT2D eigenvalue weighted by Crippen LogP contribution is -2.55. The van der Waals surface area contributed by atoms with Crippen molar-refractivity contribution in [2.45, 2.75) is 38.1 Å². The first-order valence-corrected chi connectivity index (χ1v) is 8.28. The molecule has 5 unspecified atom stereocenters. The third-order valence-corrected chi connectivity index (χ3v) is 6.14. The first kappa shape index (κ1) is 12.1. The number of aromatic nitrogens is 1. The van der Waals surface area contributed by atoms with Crippen molar-refractivity contribution >= 4 is 10.9 Å². The number of nitrogens with one attached hydrogen (secondary N) is 1. The van der Waals surface area contributed by atoms with E-state index in [1.807, 2.05) is 12.1 Å². The molecule has 1 aliphatic carbocycles. The summed E-state index contributed by atoms with van der Waals surface area (Å²) in [6, 6.07) is 6.48. The second-order valence-electron chi connectivity index (χ2n) is 7.40. The highest BCUT2D eigenvalue weighted by Gasteiger charge is 2.47. The van der Waals surface area contributed by atoms with E-state index in [1.165, 1.54) is 48.1 Å². The molecule has 3 fully saturated rings. The Morgan fingerprint density at radius 1 is 1.29 bits per heavy atom. The number of nitrogens with zero attached hydrogens (tertiary/aromatic N) is 1. The van der Waals surface area contributed by atoms with Crippen LogP contribution in [-0.4, -0.2) is 34.1 Å². The van der Waals surface area contributed by atoms with Gasteiger partial charge in [-0.25, -0.2) is 0 Å². The largest absolute Gasteiger partial charge is 0.508 e. The summed E-state index contributed by atoms with van der Waals surface area (Å²) in [6.45, 7) is 4.92. The van der Waals surface area contributed by atoms with Crippen molar-refractivity contribution < 1.29 is 5.11 Å². The lowest BCUT2D eigenvalue weighted by atomic mass is 9.67. The molecule has 6 rings (SSSR count). The van der Waals surface area contributed by atoms with Gasteiger partial charge >= 0.3 is 0 Å². The van der Waals surface area contributed by atoms with Crippen LogP contribution >= 0.6 is 0 Å². The first-order chi connectivity index (χ1) is 10.2. The van der Waals surface area contributed by atoms with Crippen LogP contribution in [0, 0.1) is 11.8 Å². The minimum Gasteiger partial charge on any atom is -0.508 e. The van der Waals surface area contributed by atoms with E-state index >= 15 is 0 Å². The van der Waals surface area contributed by atoms with E-state index in [2.05, 4.69) is 16.8 Å². The quantitative estimate of drug-likeness (QED) is 0.778. The number of fused-ring (bicyclic) bond motifs is 4. The zero-order valence-corrected chi connectivity index (χ0v) is 12.5. The second kappa shape index (κ2) is 4.04. The number of hydrogen-bond donors (Lipinski definition) is 2. The maximum Gasteiger partial charge on any atom is 0.116 e. The zero-order valence-electron chi connectivity index (χ0n) is 12.5. The first-order valence-electron chi connectivity index (χ1n) is 8.28. The summed E-state index contributed by atoms with van der Waals surface area (Å²) in [5, 5.41) is 11.1. The minimum atomic E-state index is 0.381. The lowest BCUT2D eigenvalue weighted by molar-refractivity contribution is -0.00516. The lowest BCUT2D eigenvalue weighted by Gasteiger charge is -2.52. The molecule has 5 atom stereocenters. The van der Waals surface area contributed by atoms with Crippen molar-refractivity contribution in [2.75, 3.05) is 13.1 Å². The Morgan fingerprint density at radius 3 is 3.05 bits per heavy atom. The second-order valence-corrected chi connectivity index (χ2v) is 7.40. The molecule has 21 heavy (non-hydrogen) atoms. The van der Waals surface area contributed by atoms with Crippen molar-refractivity contribution in [3.63, 3.8) is 0 Å². The normalized spacial score (nSPS) is 37.5. The van der Waals surface area contributed by atoms with Gasteiger partial charge < -0.3 is 10.1 Å². The minimum absolute atomic E-state index is 0.381. The Morgan fingerprint density at radius 2 is 2.19 bits per heavy atom. The summed E-state index contributed by atoms with van der Waals surface area (Å²) in [7, 11) is 0. The summed E-state index contributed by atoms with van der Waals surface area (Å²) in [6.07, 6.45) is 3.87. The van der Waals surface area contributed by atoms with Gasteiger partial charge in [-0.1, -0.05) is 6.92 Å². The molecule has 0 spiro atoms. The molecule has 0 amide bonds. The summed E-state index contributed by atoms with van der Waals surface area (Å²) in [5.74, 6) is 2.74. The van der Waals surface area contributed by atoms with Gasteiger partial charge in [0.15, 0.2) is 0 Å². The molecule has 1 saturated carbocycles. The number of benzene rings is 1. The molecule has 3 nitrogen and oxygen atoms in total. The highest BCUT2D eigenvalue weighted by molar-refractivity contribution is 5.86. The molecule has 3 aliphatic heterocycles. The average molecular weight is 282 g/mol. The maximum absolute atomic E-state index is 9.83. The van der Waals surface area contributed by atoms with E-state index < -0.39 is 0 Å². The Kier molecular flexibility index (Phi) is 2.33. The van der Waals surface area contributed by atoms with Crippen LogP contribution in [0.25, 0.3) is 10.9 Å². The molecular weight excluding hydrogens is 260 g/mol. The number of aromatic hydroxyl groups is 1. The third kappa shape index (κ3) is 1.58. The fraction of sp³-hybridized carbons (Fsp3) is 0.556. The van der Waals surface area contributed by atoms with Crippen LogP contribution in [0.15, 0.2) is 18.2 Å². The third-order valence-electron chi connectivity index (χ3n) is 6.14. The van der Waals surface area contributed by atoms with Crippen molar-refractivity contribution in [2.24, 2.45) is 11.8 Å². The van der Waals surface area contributed by atoms with E-state index in [1.54, 1.807) is 6.07 Å². The van der Waals surface area contributed by atoms with Gasteiger partial charge in [-0.05, 0) is 54.9 Å². The van der Waals surface area contributed by atoms with Crippen LogP contribution < -0.4 is 0 Å². The fourth-order valence-electron chi connectivity index (χ4n) is 5.50. The summed E-state index contributed by atoms with van der Waals surface area (Å²) in [4.78, 5) is 6.45. The topological polar surface area (TPSA) is 39.3 Å². The Labute approximate surface area is 125 Å². The van der Waals surface area contributed by atoms with Crippen molar-refractivity contribution in [3.8, 4) is 5.75 Å². The predicted molar refractivity (Wildman–Crippen MR) is 83.7 cm³/mol. The van der Waals surface area contributed by atoms with E-state index in [0.717, 1.165) is 24.3 Å². The summed E-state index contributed by atoms with van der Waals surface area (Å²) in [5.41, 5.74) is 4.13. The van der Waals surface area contributed by atoms with E-state index in [0.29, 0.717) is 11.7 Å². The summed E-state index contributed by atoms with van der Waals surface area (Å²) >= 11 is 0. The molecule has 4 bridgehead atoms. The number of phenols is 1. The van der Waals surface area contributed by atoms with Crippen molar-refractivity contribution in [1.29, 1.82) is 0 Å². The molecule has 0 radical (unpaired) electrons. The molecule has 1 aromatic heterocycles. The van der Waals surface area contributed by atoms with Crippen LogP contribution in [0.1, 0.15) is 36.9 Å². The van der Waals surface area contributed by atoms with Gasteiger partial charge in [0.1, 0.15) is 5.75 Å². The van der Waals surface area contributed by atoms with E-state index in [4.69, 9.17) is 0 Å². The number of H-pyrrole nitrogens is 1. The molecule has 4 heterocycles. The SMILES string of the molecule is CC1CC2CC3c4[nH]c5ccc(O)cc5c4CCN(C2)C13. The maximum atomic E-state index is 9.83. The van der Waals surface area contributed by atoms with Gasteiger partial charge in [0.2, 0.25) is 0 Å². The van der Waals surface area contributed by atoms with Gasteiger partial charge in [-0.2, -0.15) is 0 Å². The number of phenolic OH excluding ortho intramolecular Hbond substituents is 1. The standard InChI is InChI=1S/C18H22N2O/c1-10-6-11-7-15-17-13(4-5-20(9-11)18(10)15)14-8-12(21)2-3-16(14)19-17/h2-3,8,10-11,15,18-19,21H,4-7,9H2,1H3. The molecule has 3 heteroatoms. The number of piperidine rings is 2. The molecular formula is C18H22N2O. The van der Waals surface area contributed by atoms with Gasteiger partial charge in [0, 0.05) is 41.6 Å². The zero-order chi connectivity index (χ0) is 14.1. The summed E-state index contributed by atoms with van der Waals surface area (Å²) < 4.78 is 0. The number of aromatic amines is 1. The van der Waals surface area contributed by atoms with Gasteiger partial charge in [0.05, 0.1) is 0 Å². The Bertz CT molecular complexity index is 719. The van der Waals surface area contributed by atoms with Gasteiger partial charge in [-0.15, -0.1) is 0 Å². The molecule has 4 aliphatic rings. The van der Waals surface area contributed by atoms with Crippen LogP contribution in [0.5, 0.6) is 5.75 Å². The molecule has 2 aromatic rings. The van der Waals surface area contributed by atoms with Crippen LogP contribution in [0.2, 0.25) is 0 Å². The highest BCUT2D eigenvalue weighted by Crippen LogP contribution is 2.50. The highest BCUT2D eigenvalue weighted by atomic mass is 16.3. The van der Waals surface area contributed by atoms with Crippen LogP contribution in [0.4, 0.5) is 0 Å². The molecule has 110 valence electrons. The number of rotatable bonds is 0. The Balaban J connectivity index is 1.72. The van der Waals surface area contributed by atoms with Crippen molar-refractivity contribution in [3.05, 3.63) is 29.5 Å².